The SMILES string of the molecule is COc1ccc(/C(O)=C2\C(=O)C(=O)N(c3cccc(Cl)c3C)C2c2cccnc2)cc1C(C)(C)C. The van der Waals surface area contributed by atoms with Crippen LogP contribution in [-0.2, 0) is 15.0 Å². The lowest BCUT2D eigenvalue weighted by atomic mass is 9.84. The zero-order valence-corrected chi connectivity index (χ0v) is 21.1. The molecule has 2 aromatic carbocycles. The summed E-state index contributed by atoms with van der Waals surface area (Å²) < 4.78 is 5.51. The van der Waals surface area contributed by atoms with E-state index in [1.807, 2.05) is 20.8 Å². The first-order valence-electron chi connectivity index (χ1n) is 11.2. The van der Waals surface area contributed by atoms with E-state index in [-0.39, 0.29) is 16.7 Å². The van der Waals surface area contributed by atoms with E-state index in [2.05, 4.69) is 4.98 Å². The number of Topliss-reactive ketones (excluding diaryl/α,β-unsaturated/α-hetero) is 1. The zero-order valence-electron chi connectivity index (χ0n) is 20.3. The van der Waals surface area contributed by atoms with Gasteiger partial charge in [0.15, 0.2) is 0 Å². The maximum atomic E-state index is 13.4. The lowest BCUT2D eigenvalue weighted by Gasteiger charge is -2.27. The van der Waals surface area contributed by atoms with Gasteiger partial charge in [0, 0.05) is 34.2 Å². The fraction of sp³-hybridized carbons (Fsp3) is 0.250. The third-order valence-electron chi connectivity index (χ3n) is 6.22. The highest BCUT2D eigenvalue weighted by atomic mass is 35.5. The largest absolute Gasteiger partial charge is 0.507 e. The van der Waals surface area contributed by atoms with Gasteiger partial charge in [0.2, 0.25) is 0 Å². The molecule has 1 atom stereocenters. The Kier molecular flexibility index (Phi) is 6.43. The standard InChI is InChI=1S/C28H27ClN2O4/c1-16-20(29)9-6-10-21(16)31-24(18-8-7-13-30-15-18)23(26(33)27(31)34)25(32)17-11-12-22(35-5)19(14-17)28(2,3)4/h6-15,24,32H,1-5H3/b25-23+. The minimum atomic E-state index is -0.874. The van der Waals surface area contributed by atoms with Gasteiger partial charge in [-0.15, -0.1) is 0 Å². The molecular formula is C28H27ClN2O4. The molecule has 1 N–H and O–H groups in total. The molecule has 0 spiro atoms. The fourth-order valence-electron chi connectivity index (χ4n) is 4.39. The first kappa shape index (κ1) is 24.5. The van der Waals surface area contributed by atoms with E-state index in [1.54, 1.807) is 75.0 Å². The Balaban J connectivity index is 1.98. The van der Waals surface area contributed by atoms with E-state index in [9.17, 15) is 14.7 Å². The van der Waals surface area contributed by atoms with Gasteiger partial charge in [-0.1, -0.05) is 44.5 Å². The van der Waals surface area contributed by atoms with Gasteiger partial charge in [0.1, 0.15) is 11.5 Å². The highest BCUT2D eigenvalue weighted by Crippen LogP contribution is 2.44. The number of halogens is 1. The minimum absolute atomic E-state index is 0.00704. The molecule has 0 saturated carbocycles. The summed E-state index contributed by atoms with van der Waals surface area (Å²) in [6, 6.07) is 13.1. The van der Waals surface area contributed by atoms with E-state index < -0.39 is 17.7 Å². The number of hydrogen-bond acceptors (Lipinski definition) is 5. The van der Waals surface area contributed by atoms with Crippen molar-refractivity contribution in [2.45, 2.75) is 39.2 Å². The van der Waals surface area contributed by atoms with E-state index in [0.29, 0.717) is 33.1 Å². The third-order valence-corrected chi connectivity index (χ3v) is 6.63. The van der Waals surface area contributed by atoms with E-state index in [0.717, 1.165) is 5.56 Å². The Hall–Kier alpha value is -3.64. The maximum Gasteiger partial charge on any atom is 0.300 e. The van der Waals surface area contributed by atoms with Gasteiger partial charge in [-0.3, -0.25) is 19.5 Å². The first-order valence-corrected chi connectivity index (χ1v) is 11.6. The number of carbonyl (C=O) groups excluding carboxylic acids is 2. The Morgan fingerprint density at radius 2 is 1.86 bits per heavy atom. The summed E-state index contributed by atoms with van der Waals surface area (Å²) in [5.74, 6) is -1.10. The Bertz CT molecular complexity index is 1340. The van der Waals surface area contributed by atoms with Crippen LogP contribution in [0.4, 0.5) is 5.69 Å². The number of methoxy groups -OCH3 is 1. The fourth-order valence-corrected chi connectivity index (χ4v) is 4.56. The number of ether oxygens (including phenoxy) is 1. The summed E-state index contributed by atoms with van der Waals surface area (Å²) in [6.07, 6.45) is 3.20. The van der Waals surface area contributed by atoms with E-state index >= 15 is 0 Å². The topological polar surface area (TPSA) is 79.7 Å². The molecule has 3 aromatic rings. The van der Waals surface area contributed by atoms with Crippen molar-refractivity contribution in [1.82, 2.24) is 4.98 Å². The van der Waals surface area contributed by atoms with E-state index in [4.69, 9.17) is 16.3 Å². The first-order chi connectivity index (χ1) is 16.6. The third kappa shape index (κ3) is 4.30. The number of hydrogen-bond donors (Lipinski definition) is 1. The number of ketones is 1. The molecule has 7 heteroatoms. The van der Waals surface area contributed by atoms with Crippen molar-refractivity contribution < 1.29 is 19.4 Å². The predicted molar refractivity (Wildman–Crippen MR) is 137 cm³/mol. The summed E-state index contributed by atoms with van der Waals surface area (Å²) in [5.41, 5.74) is 2.74. The molecule has 1 unspecified atom stereocenters. The average molecular weight is 491 g/mol. The van der Waals surface area contributed by atoms with Gasteiger partial charge < -0.3 is 9.84 Å². The van der Waals surface area contributed by atoms with Gasteiger partial charge in [0.05, 0.1) is 18.7 Å². The molecule has 1 aromatic heterocycles. The normalized spacial score (nSPS) is 17.7. The number of pyridine rings is 1. The molecule has 1 saturated heterocycles. The highest BCUT2D eigenvalue weighted by Gasteiger charge is 2.47. The van der Waals surface area contributed by atoms with Crippen LogP contribution in [0, 0.1) is 6.92 Å². The van der Waals surface area contributed by atoms with Crippen LogP contribution >= 0.6 is 11.6 Å². The van der Waals surface area contributed by atoms with Gasteiger partial charge in [-0.25, -0.2) is 0 Å². The molecule has 0 radical (unpaired) electrons. The molecule has 4 rings (SSSR count). The number of aromatic nitrogens is 1. The number of aliphatic hydroxyl groups is 1. The molecule has 1 fully saturated rings. The minimum Gasteiger partial charge on any atom is -0.507 e. The number of carbonyl (C=O) groups is 2. The van der Waals surface area contributed by atoms with Gasteiger partial charge in [-0.2, -0.15) is 0 Å². The molecule has 1 amide bonds. The predicted octanol–water partition coefficient (Wildman–Crippen LogP) is 5.98. The highest BCUT2D eigenvalue weighted by molar-refractivity contribution is 6.52. The van der Waals surface area contributed by atoms with Crippen molar-refractivity contribution >= 4 is 34.7 Å². The lowest BCUT2D eigenvalue weighted by Crippen LogP contribution is -2.30. The molecule has 180 valence electrons. The second-order valence-corrected chi connectivity index (χ2v) is 9.91. The van der Waals surface area contributed by atoms with Crippen LogP contribution in [-0.4, -0.2) is 28.9 Å². The summed E-state index contributed by atoms with van der Waals surface area (Å²) in [5, 5.41) is 11.9. The number of aliphatic hydroxyl groups excluding tert-OH is 1. The summed E-state index contributed by atoms with van der Waals surface area (Å²) in [4.78, 5) is 32.4. The molecule has 1 aliphatic heterocycles. The Labute approximate surface area is 209 Å². The smallest absolute Gasteiger partial charge is 0.300 e. The van der Waals surface area contributed by atoms with Crippen LogP contribution in [0.2, 0.25) is 5.02 Å². The molecule has 0 aliphatic carbocycles. The zero-order chi connectivity index (χ0) is 25.5. The summed E-state index contributed by atoms with van der Waals surface area (Å²) >= 11 is 6.35. The van der Waals surface area contributed by atoms with Gasteiger partial charge >= 0.3 is 0 Å². The van der Waals surface area contributed by atoms with Crippen LogP contribution in [0.25, 0.3) is 5.76 Å². The average Bonchev–Trinajstić information content (AvgIpc) is 3.10. The quantitative estimate of drug-likeness (QED) is 0.276. The molecule has 35 heavy (non-hydrogen) atoms. The summed E-state index contributed by atoms with van der Waals surface area (Å²) in [7, 11) is 1.59. The number of nitrogens with zero attached hydrogens (tertiary/aromatic N) is 2. The van der Waals surface area contributed by atoms with Crippen molar-refractivity contribution in [1.29, 1.82) is 0 Å². The van der Waals surface area contributed by atoms with Crippen LogP contribution in [0.3, 0.4) is 0 Å². The van der Waals surface area contributed by atoms with Crippen LogP contribution < -0.4 is 9.64 Å². The maximum absolute atomic E-state index is 13.4. The molecular weight excluding hydrogens is 464 g/mol. The molecule has 2 heterocycles. The number of amides is 1. The van der Waals surface area contributed by atoms with Gasteiger partial charge in [0.25, 0.3) is 11.7 Å². The number of benzene rings is 2. The Morgan fingerprint density at radius 3 is 2.49 bits per heavy atom. The second-order valence-electron chi connectivity index (χ2n) is 9.50. The number of rotatable bonds is 4. The number of anilines is 1. The second kappa shape index (κ2) is 9.19. The van der Waals surface area contributed by atoms with Crippen molar-refractivity contribution in [3.8, 4) is 5.75 Å². The summed E-state index contributed by atoms with van der Waals surface area (Å²) in [6.45, 7) is 7.89. The Morgan fingerprint density at radius 1 is 1.11 bits per heavy atom. The van der Waals surface area contributed by atoms with Crippen molar-refractivity contribution in [3.63, 3.8) is 0 Å². The molecule has 1 aliphatic rings. The van der Waals surface area contributed by atoms with Gasteiger partial charge in [-0.05, 0) is 59.9 Å². The lowest BCUT2D eigenvalue weighted by molar-refractivity contribution is -0.132. The van der Waals surface area contributed by atoms with E-state index in [1.165, 1.54) is 4.90 Å². The van der Waals surface area contributed by atoms with Crippen LogP contribution in [0.5, 0.6) is 5.75 Å². The van der Waals surface area contributed by atoms with Crippen LogP contribution in [0.15, 0.2) is 66.5 Å². The van der Waals surface area contributed by atoms with Crippen molar-refractivity contribution in [3.05, 3.63) is 93.8 Å². The molecule has 0 bridgehead atoms. The van der Waals surface area contributed by atoms with Crippen LogP contribution in [0.1, 0.15) is 49.1 Å². The van der Waals surface area contributed by atoms with Crippen molar-refractivity contribution in [2.75, 3.05) is 12.0 Å². The monoisotopic (exact) mass is 490 g/mol. The molecule has 6 nitrogen and oxygen atoms in total. The van der Waals surface area contributed by atoms with Crippen molar-refractivity contribution in [2.24, 2.45) is 0 Å².